The summed E-state index contributed by atoms with van der Waals surface area (Å²) in [5, 5.41) is 25.9. The van der Waals surface area contributed by atoms with Crippen molar-refractivity contribution in [1.29, 1.82) is 0 Å². The van der Waals surface area contributed by atoms with Crippen LogP contribution >= 0.6 is 0 Å². The number of hydrogen-bond donors (Lipinski definition) is 13. The minimum atomic E-state index is -1.27. The molecule has 1 heterocycles. The molecule has 0 aromatic heterocycles. The number of amides is 8. The zero-order valence-electron chi connectivity index (χ0n) is 42.3. The first-order chi connectivity index (χ1) is 34.6. The molecule has 2 aromatic rings. The fraction of sp³-hybridized carbons (Fsp3) is 0.551. The smallest absolute Gasteiger partial charge is 0.243 e. The lowest BCUT2D eigenvalue weighted by molar-refractivity contribution is -0.140. The van der Waals surface area contributed by atoms with Gasteiger partial charge in [0, 0.05) is 26.1 Å². The van der Waals surface area contributed by atoms with Crippen LogP contribution < -0.4 is 66.3 Å². The number of rotatable bonds is 30. The van der Waals surface area contributed by atoms with Gasteiger partial charge >= 0.3 is 0 Å². The number of likely N-dealkylation sites (tertiary alicyclic amines) is 1. The molecule has 24 heteroatoms. The van der Waals surface area contributed by atoms with Gasteiger partial charge in [0.15, 0.2) is 11.9 Å². The molecule has 1 aliphatic heterocycles. The Morgan fingerprint density at radius 3 is 1.79 bits per heavy atom. The maximum atomic E-state index is 14.4. The maximum absolute atomic E-state index is 14.4. The molecule has 0 unspecified atom stereocenters. The van der Waals surface area contributed by atoms with Crippen LogP contribution in [0, 0.1) is 11.8 Å². The molecule has 73 heavy (non-hydrogen) atoms. The van der Waals surface area contributed by atoms with Gasteiger partial charge in [0.1, 0.15) is 42.0 Å². The summed E-state index contributed by atoms with van der Waals surface area (Å²) in [6, 6.07) is 7.09. The van der Waals surface area contributed by atoms with Crippen LogP contribution in [0.3, 0.4) is 0 Å². The van der Waals surface area contributed by atoms with Crippen molar-refractivity contribution in [1.82, 2.24) is 36.8 Å². The first-order valence-corrected chi connectivity index (χ1v) is 24.7. The molecule has 3 rings (SSSR count). The molecule has 0 spiro atoms. The molecule has 402 valence electrons. The topological polar surface area (TPSA) is 413 Å². The van der Waals surface area contributed by atoms with E-state index in [1.165, 1.54) is 17.0 Å². The maximum Gasteiger partial charge on any atom is 0.243 e. The highest BCUT2D eigenvalue weighted by molar-refractivity contribution is 5.97. The number of aromatic hydroxyl groups is 1. The number of nitrogens with one attached hydrogen (secondary N) is 6. The Balaban J connectivity index is 1.82. The second-order valence-electron chi connectivity index (χ2n) is 18.7. The molecule has 0 aliphatic carbocycles. The lowest BCUT2D eigenvalue weighted by Crippen LogP contribution is -2.60. The predicted octanol–water partition coefficient (Wildman–Crippen LogP) is -2.28. The third-order valence-electron chi connectivity index (χ3n) is 12.3. The van der Waals surface area contributed by atoms with Gasteiger partial charge in [0.05, 0.1) is 12.6 Å². The van der Waals surface area contributed by atoms with Gasteiger partial charge in [-0.25, -0.2) is 0 Å². The molecule has 24 nitrogen and oxygen atoms in total. The highest BCUT2D eigenvalue weighted by atomic mass is 16.3. The van der Waals surface area contributed by atoms with E-state index in [1.54, 1.807) is 49.4 Å². The van der Waals surface area contributed by atoms with E-state index in [0.717, 1.165) is 0 Å². The van der Waals surface area contributed by atoms with E-state index in [9.17, 15) is 43.5 Å². The summed E-state index contributed by atoms with van der Waals surface area (Å²) in [6.07, 6.45) is 2.09. The molecule has 0 bridgehead atoms. The number of nitrogens with two attached hydrogens (primary N) is 6. The summed E-state index contributed by atoms with van der Waals surface area (Å²) in [7, 11) is 0. The quantitative estimate of drug-likeness (QED) is 0.0223. The van der Waals surface area contributed by atoms with Crippen molar-refractivity contribution in [3.8, 4) is 5.75 Å². The van der Waals surface area contributed by atoms with Crippen molar-refractivity contribution >= 4 is 59.2 Å². The molecular weight excluding hydrogens is 943 g/mol. The van der Waals surface area contributed by atoms with Crippen molar-refractivity contribution < 1.29 is 43.5 Å². The van der Waals surface area contributed by atoms with E-state index in [-0.39, 0.29) is 88.2 Å². The van der Waals surface area contributed by atoms with Crippen molar-refractivity contribution in [2.75, 3.05) is 26.2 Å². The third kappa shape index (κ3) is 21.0. The number of nitrogens with zero attached hydrogens (tertiary/aromatic N) is 3. The minimum Gasteiger partial charge on any atom is -0.508 e. The Morgan fingerprint density at radius 1 is 0.671 bits per heavy atom. The number of carbonyl (C=O) groups is 8. The highest BCUT2D eigenvalue weighted by Gasteiger charge is 2.38. The molecule has 19 N–H and O–H groups in total. The standard InChI is InChI=1S/C49H77N15O9/c1-5-29(4)40(47(73)59-34(41(51)67)14-9-21-56-48(52)53)63-43(69)35(15-10-22-57-49(54)55)60-44(70)36(24-28(2)3)61-45(71)37(26-30-12-7-6-8-13-30)62-46(72)38-16-11-23-64(38)39(66)27-58-42(68)33(50)25-31-17-19-32(65)20-18-31/h6-8,12-13,17-20,28-29,33-38,40,65H,5,9-11,14-16,21-27,50H2,1-4H3,(H2,51,67)(H,58,68)(H,59,73)(H,60,70)(H,61,71)(H,62,72)(H,63,69)(H4,52,53,56)(H4,54,55,57)/t29-,33-,34-,35-,36-,37-,38-,40-/m0/s1. The Bertz CT molecular complexity index is 2220. The number of guanidine groups is 2. The van der Waals surface area contributed by atoms with Gasteiger partial charge < -0.3 is 76.3 Å². The number of benzene rings is 2. The van der Waals surface area contributed by atoms with E-state index >= 15 is 0 Å². The number of primary amides is 1. The first-order valence-electron chi connectivity index (χ1n) is 24.7. The molecule has 8 amide bonds. The Morgan fingerprint density at radius 2 is 1.22 bits per heavy atom. The van der Waals surface area contributed by atoms with Gasteiger partial charge in [-0.3, -0.25) is 48.3 Å². The third-order valence-corrected chi connectivity index (χ3v) is 12.3. The van der Waals surface area contributed by atoms with Crippen molar-refractivity contribution in [3.05, 3.63) is 65.7 Å². The molecule has 2 aromatic carbocycles. The summed E-state index contributed by atoms with van der Waals surface area (Å²) in [5.74, 6) is -6.27. The van der Waals surface area contributed by atoms with Gasteiger partial charge in [0.25, 0.3) is 0 Å². The summed E-state index contributed by atoms with van der Waals surface area (Å²) in [6.45, 7) is 7.29. The highest BCUT2D eigenvalue weighted by Crippen LogP contribution is 2.19. The van der Waals surface area contributed by atoms with Crippen LogP contribution in [0.1, 0.15) is 90.2 Å². The van der Waals surface area contributed by atoms with Gasteiger partial charge in [-0.1, -0.05) is 76.6 Å². The van der Waals surface area contributed by atoms with Crippen LogP contribution in [-0.4, -0.2) is 138 Å². The Hall–Kier alpha value is -7.50. The Labute approximate surface area is 426 Å². The van der Waals surface area contributed by atoms with Crippen molar-refractivity contribution in [2.24, 2.45) is 56.2 Å². The van der Waals surface area contributed by atoms with Crippen LogP contribution in [0.5, 0.6) is 5.75 Å². The van der Waals surface area contributed by atoms with Gasteiger partial charge in [-0.15, -0.1) is 0 Å². The first kappa shape index (κ1) is 59.8. The number of phenols is 1. The van der Waals surface area contributed by atoms with E-state index in [2.05, 4.69) is 41.9 Å². The zero-order chi connectivity index (χ0) is 54.2. The molecule has 0 saturated carbocycles. The average molecular weight is 1020 g/mol. The molecule has 0 radical (unpaired) electrons. The van der Waals surface area contributed by atoms with E-state index in [4.69, 9.17) is 34.4 Å². The lowest BCUT2D eigenvalue weighted by atomic mass is 9.96. The molecule has 8 atom stereocenters. The fourth-order valence-corrected chi connectivity index (χ4v) is 8.07. The normalized spacial score (nSPS) is 16.0. The largest absolute Gasteiger partial charge is 0.508 e. The van der Waals surface area contributed by atoms with Crippen molar-refractivity contribution in [3.63, 3.8) is 0 Å². The van der Waals surface area contributed by atoms with Crippen LogP contribution in [-0.2, 0) is 51.2 Å². The molecule has 1 saturated heterocycles. The number of aliphatic imine (C=N–C) groups is 2. The van der Waals surface area contributed by atoms with Crippen LogP contribution in [0.4, 0.5) is 0 Å². The van der Waals surface area contributed by atoms with Gasteiger partial charge in [-0.2, -0.15) is 0 Å². The monoisotopic (exact) mass is 1020 g/mol. The molecule has 1 fully saturated rings. The summed E-state index contributed by atoms with van der Waals surface area (Å²) >= 11 is 0. The summed E-state index contributed by atoms with van der Waals surface area (Å²) in [4.78, 5) is 119. The minimum absolute atomic E-state index is 0.000164. The van der Waals surface area contributed by atoms with E-state index < -0.39 is 102 Å². The van der Waals surface area contributed by atoms with E-state index in [1.807, 2.05) is 20.8 Å². The number of phenolic OH excluding ortho intramolecular Hbond substituents is 1. The predicted molar refractivity (Wildman–Crippen MR) is 275 cm³/mol. The lowest BCUT2D eigenvalue weighted by Gasteiger charge is -2.30. The molecule has 1 aliphatic rings. The number of carbonyl (C=O) groups excluding carboxylic acids is 8. The average Bonchev–Trinajstić information content (AvgIpc) is 3.84. The van der Waals surface area contributed by atoms with Gasteiger partial charge in [-0.05, 0) is 86.5 Å². The zero-order valence-corrected chi connectivity index (χ0v) is 42.3. The second kappa shape index (κ2) is 30.4. The fourth-order valence-electron chi connectivity index (χ4n) is 8.07. The summed E-state index contributed by atoms with van der Waals surface area (Å²) < 4.78 is 0. The SMILES string of the molecule is CC[C@H](C)[C@H](NC(=O)[C@H](CCCN=C(N)N)NC(=O)[C@H](CC(C)C)NC(=O)[C@H](Cc1ccccc1)NC(=O)[C@@H]1CCCN1C(=O)CNC(=O)[C@@H](N)Cc1ccc(O)cc1)C(=O)N[C@@H](CCCN=C(N)N)C(N)=O. The van der Waals surface area contributed by atoms with Crippen LogP contribution in [0.2, 0.25) is 0 Å². The molecular formula is C49H77N15O9. The van der Waals surface area contributed by atoms with E-state index in [0.29, 0.717) is 30.4 Å². The van der Waals surface area contributed by atoms with Gasteiger partial charge in [0.2, 0.25) is 47.3 Å². The number of hydrogen-bond acceptors (Lipinski definition) is 12. The van der Waals surface area contributed by atoms with Crippen LogP contribution in [0.25, 0.3) is 0 Å². The van der Waals surface area contributed by atoms with Crippen molar-refractivity contribution in [2.45, 2.75) is 134 Å². The summed E-state index contributed by atoms with van der Waals surface area (Å²) in [5.41, 5.74) is 34.9. The Kier molecular flexibility index (Phi) is 24.9. The van der Waals surface area contributed by atoms with Crippen LogP contribution in [0.15, 0.2) is 64.6 Å². The second-order valence-corrected chi connectivity index (χ2v) is 18.7.